The average molecular weight is 779 g/mol. The third-order valence-electron chi connectivity index (χ3n) is 7.75. The molecule has 284 valence electrons. The fourth-order valence-electron chi connectivity index (χ4n) is 4.92. The van der Waals surface area contributed by atoms with Gasteiger partial charge in [0, 0.05) is 22.3 Å². The number of para-hydroxylation sites is 2. The van der Waals surface area contributed by atoms with Gasteiger partial charge in [0.25, 0.3) is 5.91 Å². The van der Waals surface area contributed by atoms with Gasteiger partial charge in [-0.05, 0) is 49.2 Å². The summed E-state index contributed by atoms with van der Waals surface area (Å²) in [5.41, 5.74) is 7.82. The van der Waals surface area contributed by atoms with Crippen molar-refractivity contribution >= 4 is 48.9 Å². The molecule has 0 aromatic heterocycles. The topological polar surface area (TPSA) is 164 Å². The number of ketones is 2. The third-order valence-corrected chi connectivity index (χ3v) is 10.0. The van der Waals surface area contributed by atoms with E-state index in [1.165, 1.54) is 24.3 Å². The van der Waals surface area contributed by atoms with Crippen molar-refractivity contribution < 1.29 is 48.8 Å². The summed E-state index contributed by atoms with van der Waals surface area (Å²) < 4.78 is 104. The molecule has 0 fully saturated rings. The Bertz CT molecular complexity index is 2200. The van der Waals surface area contributed by atoms with Crippen molar-refractivity contribution in [2.24, 2.45) is 5.73 Å². The Morgan fingerprint density at radius 1 is 0.679 bits per heavy atom. The quantitative estimate of drug-likeness (QED) is 0.135. The Kier molecular flexibility index (Phi) is 14.4. The van der Waals surface area contributed by atoms with Gasteiger partial charge in [0.15, 0.2) is 11.6 Å². The van der Waals surface area contributed by atoms with E-state index in [4.69, 9.17) is 5.73 Å². The SMILES string of the molecule is Cc1ccccc1N(Cc1ccc(C(=O)CN)cc1F)S(C)(=O)=O.Cc1ccccc1N(Cc1ccc(C(=O)CNC(=O)C(F)F)cc1F)S(C)(=O)=O. The van der Waals surface area contributed by atoms with Crippen molar-refractivity contribution in [3.63, 3.8) is 0 Å². The van der Waals surface area contributed by atoms with Crippen molar-refractivity contribution in [2.45, 2.75) is 33.4 Å². The fraction of sp³-hybridized carbons (Fsp3) is 0.250. The minimum Gasteiger partial charge on any atom is -0.344 e. The molecule has 0 heterocycles. The summed E-state index contributed by atoms with van der Waals surface area (Å²) >= 11 is 0. The molecule has 0 unspecified atom stereocenters. The van der Waals surface area contributed by atoms with Crippen LogP contribution in [-0.4, -0.2) is 66.3 Å². The summed E-state index contributed by atoms with van der Waals surface area (Å²) in [5.74, 6) is -4.21. The van der Waals surface area contributed by atoms with Gasteiger partial charge in [0.1, 0.15) is 11.6 Å². The molecule has 0 atom stereocenters. The molecule has 4 rings (SSSR count). The van der Waals surface area contributed by atoms with Crippen molar-refractivity contribution in [3.05, 3.63) is 130 Å². The number of halogens is 4. The molecule has 0 bridgehead atoms. The number of carbonyl (C=O) groups excluding carboxylic acids is 3. The van der Waals surface area contributed by atoms with Crippen LogP contribution in [0.2, 0.25) is 0 Å². The summed E-state index contributed by atoms with van der Waals surface area (Å²) in [5, 5.41) is 1.75. The van der Waals surface area contributed by atoms with Crippen LogP contribution in [0, 0.1) is 25.5 Å². The number of hydrogen-bond donors (Lipinski definition) is 2. The van der Waals surface area contributed by atoms with Crippen molar-refractivity contribution in [1.82, 2.24) is 5.32 Å². The van der Waals surface area contributed by atoms with Gasteiger partial charge in [-0.3, -0.25) is 23.0 Å². The number of hydrogen-bond acceptors (Lipinski definition) is 8. The van der Waals surface area contributed by atoms with Gasteiger partial charge in [-0.25, -0.2) is 25.6 Å². The zero-order valence-corrected chi connectivity index (χ0v) is 30.8. The lowest BCUT2D eigenvalue weighted by Crippen LogP contribution is -2.34. The zero-order valence-electron chi connectivity index (χ0n) is 29.1. The number of nitrogens with one attached hydrogen (secondary N) is 1. The summed E-state index contributed by atoms with van der Waals surface area (Å²) in [7, 11) is -7.33. The largest absolute Gasteiger partial charge is 0.344 e. The highest BCUT2D eigenvalue weighted by Crippen LogP contribution is 2.27. The summed E-state index contributed by atoms with van der Waals surface area (Å²) in [6, 6.07) is 21.0. The normalized spacial score (nSPS) is 11.4. The minimum atomic E-state index is -3.73. The van der Waals surface area contributed by atoms with E-state index in [0.29, 0.717) is 16.9 Å². The molecule has 11 nitrogen and oxygen atoms in total. The van der Waals surface area contributed by atoms with Crippen LogP contribution in [0.25, 0.3) is 0 Å². The van der Waals surface area contributed by atoms with Gasteiger partial charge >= 0.3 is 6.43 Å². The number of alkyl halides is 2. The molecule has 1 amide bonds. The Morgan fingerprint density at radius 2 is 1.08 bits per heavy atom. The number of nitrogens with zero attached hydrogens (tertiary/aromatic N) is 2. The molecule has 4 aromatic carbocycles. The first-order chi connectivity index (χ1) is 24.7. The second-order valence-electron chi connectivity index (χ2n) is 11.8. The van der Waals surface area contributed by atoms with Gasteiger partial charge in [-0.2, -0.15) is 8.78 Å². The van der Waals surface area contributed by atoms with E-state index >= 15 is 0 Å². The smallest absolute Gasteiger partial charge is 0.315 e. The highest BCUT2D eigenvalue weighted by Gasteiger charge is 2.23. The van der Waals surface area contributed by atoms with E-state index in [1.54, 1.807) is 67.7 Å². The molecule has 3 N–H and O–H groups in total. The minimum absolute atomic E-state index is 0.0202. The molecular weight excluding hydrogens is 741 g/mol. The Labute approximate surface area is 305 Å². The first-order valence-electron chi connectivity index (χ1n) is 15.7. The van der Waals surface area contributed by atoms with Crippen LogP contribution < -0.4 is 19.7 Å². The average Bonchev–Trinajstić information content (AvgIpc) is 3.09. The van der Waals surface area contributed by atoms with Crippen LogP contribution in [0.5, 0.6) is 0 Å². The maximum absolute atomic E-state index is 14.5. The number of amides is 1. The lowest BCUT2D eigenvalue weighted by atomic mass is 10.1. The molecule has 0 radical (unpaired) electrons. The first-order valence-corrected chi connectivity index (χ1v) is 19.4. The fourth-order valence-corrected chi connectivity index (χ4v) is 6.79. The lowest BCUT2D eigenvalue weighted by molar-refractivity contribution is -0.131. The molecule has 0 aliphatic carbocycles. The van der Waals surface area contributed by atoms with E-state index in [1.807, 2.05) is 0 Å². The standard InChI is InChI=1S/C19H19F3N2O4S.C17H19FN2O3S/c1-12-5-3-4-6-16(12)24(29(2,27)28)11-14-8-7-13(9-15(14)20)17(25)10-23-19(26)18(21)22;1-12-5-3-4-6-16(12)20(24(2,22)23)11-14-8-7-13(9-15(14)18)17(21)10-19/h3-9,18H,10-11H2,1-2H3,(H,23,26);3-9H,10-11,19H2,1-2H3. The highest BCUT2D eigenvalue weighted by atomic mass is 32.2. The molecular formula is C36H38F4N4O7S2. The van der Waals surface area contributed by atoms with Crippen molar-refractivity contribution in [3.8, 4) is 0 Å². The summed E-state index contributed by atoms with van der Waals surface area (Å²) in [6.07, 6.45) is -1.18. The van der Waals surface area contributed by atoms with Crippen LogP contribution in [0.1, 0.15) is 43.0 Å². The number of nitrogens with two attached hydrogens (primary N) is 1. The van der Waals surface area contributed by atoms with Gasteiger partial charge in [0.2, 0.25) is 20.0 Å². The van der Waals surface area contributed by atoms with Crippen LogP contribution in [-0.2, 0) is 37.9 Å². The Morgan fingerprint density at radius 3 is 1.42 bits per heavy atom. The molecule has 53 heavy (non-hydrogen) atoms. The van der Waals surface area contributed by atoms with Crippen LogP contribution in [0.3, 0.4) is 0 Å². The number of benzene rings is 4. The van der Waals surface area contributed by atoms with E-state index in [2.05, 4.69) is 0 Å². The van der Waals surface area contributed by atoms with E-state index < -0.39 is 56.3 Å². The maximum Gasteiger partial charge on any atom is 0.315 e. The highest BCUT2D eigenvalue weighted by molar-refractivity contribution is 7.92. The van der Waals surface area contributed by atoms with Gasteiger partial charge < -0.3 is 11.1 Å². The maximum atomic E-state index is 14.5. The van der Waals surface area contributed by atoms with Crippen molar-refractivity contribution in [1.29, 1.82) is 0 Å². The predicted octanol–water partition coefficient (Wildman–Crippen LogP) is 4.91. The predicted molar refractivity (Wildman–Crippen MR) is 194 cm³/mol. The van der Waals surface area contributed by atoms with E-state index in [9.17, 15) is 48.8 Å². The number of carbonyl (C=O) groups is 3. The lowest BCUT2D eigenvalue weighted by Gasteiger charge is -2.24. The van der Waals surface area contributed by atoms with E-state index in [-0.39, 0.29) is 47.7 Å². The zero-order chi connectivity index (χ0) is 39.7. The number of Topliss-reactive ketones (excluding diaryl/α,β-unsaturated/α-hetero) is 2. The molecule has 0 aliphatic heterocycles. The Balaban J connectivity index is 0.000000290. The van der Waals surface area contributed by atoms with Crippen LogP contribution >= 0.6 is 0 Å². The van der Waals surface area contributed by atoms with Crippen molar-refractivity contribution in [2.75, 3.05) is 34.2 Å². The van der Waals surface area contributed by atoms with Gasteiger partial charge in [0.05, 0.1) is 50.1 Å². The molecule has 0 saturated carbocycles. The molecule has 0 saturated heterocycles. The van der Waals surface area contributed by atoms with Gasteiger partial charge in [-0.1, -0.05) is 60.7 Å². The van der Waals surface area contributed by atoms with E-state index in [0.717, 1.165) is 38.8 Å². The third kappa shape index (κ3) is 11.7. The summed E-state index contributed by atoms with van der Waals surface area (Å²) in [6.45, 7) is 2.13. The number of sulfonamides is 2. The molecule has 0 aliphatic rings. The molecule has 17 heteroatoms. The summed E-state index contributed by atoms with van der Waals surface area (Å²) in [4.78, 5) is 34.3. The Hall–Kier alpha value is -5.13. The monoisotopic (exact) mass is 778 g/mol. The second kappa shape index (κ2) is 18.1. The van der Waals surface area contributed by atoms with Gasteiger partial charge in [-0.15, -0.1) is 0 Å². The first kappa shape index (κ1) is 42.3. The number of aryl methyl sites for hydroxylation is 2. The number of rotatable bonds is 14. The van der Waals surface area contributed by atoms with Crippen LogP contribution in [0.15, 0.2) is 84.9 Å². The molecule has 0 spiro atoms. The van der Waals surface area contributed by atoms with Crippen LogP contribution in [0.4, 0.5) is 28.9 Å². The second-order valence-corrected chi connectivity index (χ2v) is 15.6. The molecule has 4 aromatic rings. The number of anilines is 2.